The zero-order chi connectivity index (χ0) is 17.3. The van der Waals surface area contributed by atoms with Gasteiger partial charge in [0.25, 0.3) is 0 Å². The highest BCUT2D eigenvalue weighted by atomic mass is 79.9. The molecule has 1 N–H and O–H groups in total. The summed E-state index contributed by atoms with van der Waals surface area (Å²) in [5.41, 5.74) is 3.34. The van der Waals surface area contributed by atoms with Gasteiger partial charge < -0.3 is 10.2 Å². The first-order chi connectivity index (χ1) is 11.5. The molecule has 0 spiro atoms. The summed E-state index contributed by atoms with van der Waals surface area (Å²) < 4.78 is 2.50. The summed E-state index contributed by atoms with van der Waals surface area (Å²) in [4.78, 5) is 10.9. The van der Waals surface area contributed by atoms with Crippen molar-refractivity contribution < 1.29 is 0 Å². The van der Waals surface area contributed by atoms with E-state index in [4.69, 9.17) is 0 Å². The molecule has 0 fully saturated rings. The summed E-state index contributed by atoms with van der Waals surface area (Å²) in [6.07, 6.45) is 1.56. The van der Waals surface area contributed by atoms with Gasteiger partial charge in [-0.05, 0) is 42.5 Å². The molecule has 3 rings (SSSR count). The quantitative estimate of drug-likeness (QED) is 0.727. The predicted octanol–water partition coefficient (Wildman–Crippen LogP) is 3.15. The summed E-state index contributed by atoms with van der Waals surface area (Å²) >= 11 is 3.50. The van der Waals surface area contributed by atoms with Crippen molar-refractivity contribution in [3.8, 4) is 0 Å². The molecular weight excluding hydrogens is 368 g/mol. The molecule has 0 bridgehead atoms. The molecule has 1 atom stereocenters. The minimum Gasteiger partial charge on any atom is -0.367 e. The zero-order valence-electron chi connectivity index (χ0n) is 14.3. The van der Waals surface area contributed by atoms with Crippen LogP contribution in [-0.4, -0.2) is 45.3 Å². The Morgan fingerprint density at radius 1 is 1.21 bits per heavy atom. The highest BCUT2D eigenvalue weighted by Gasteiger charge is 2.17. The van der Waals surface area contributed by atoms with Gasteiger partial charge in [-0.15, -0.1) is 0 Å². The Morgan fingerprint density at radius 2 is 1.92 bits per heavy atom. The maximum atomic E-state index is 4.40. The van der Waals surface area contributed by atoms with Gasteiger partial charge in [0, 0.05) is 13.6 Å². The molecule has 1 aromatic carbocycles. The molecule has 0 saturated carbocycles. The molecule has 3 aromatic rings. The number of likely N-dealkylation sites (N-methyl/N-ethyl adjacent to an activating group) is 1. The van der Waals surface area contributed by atoms with Gasteiger partial charge in [-0.2, -0.15) is 5.10 Å². The fourth-order valence-electron chi connectivity index (χ4n) is 2.76. The molecule has 2 heterocycles. The third-order valence-corrected chi connectivity index (χ3v) is 4.68. The van der Waals surface area contributed by atoms with E-state index >= 15 is 0 Å². The van der Waals surface area contributed by atoms with Gasteiger partial charge in [-0.25, -0.2) is 14.6 Å². The van der Waals surface area contributed by atoms with Crippen LogP contribution in [0.25, 0.3) is 11.0 Å². The Balaban J connectivity index is 1.87. The Bertz CT molecular complexity index is 840. The number of anilines is 1. The molecule has 0 aliphatic rings. The topological polar surface area (TPSA) is 58.9 Å². The van der Waals surface area contributed by atoms with Crippen LogP contribution < -0.4 is 5.32 Å². The van der Waals surface area contributed by atoms with Gasteiger partial charge in [-0.1, -0.05) is 29.8 Å². The Labute approximate surface area is 150 Å². The van der Waals surface area contributed by atoms with E-state index in [0.29, 0.717) is 0 Å². The van der Waals surface area contributed by atoms with Crippen molar-refractivity contribution in [2.45, 2.75) is 13.0 Å². The number of fused-ring (bicyclic) bond motifs is 1. The number of nitrogens with one attached hydrogen (secondary N) is 1. The smallest absolute Gasteiger partial charge is 0.164 e. The molecule has 1 unspecified atom stereocenters. The largest absolute Gasteiger partial charge is 0.367 e. The summed E-state index contributed by atoms with van der Waals surface area (Å²) in [5.74, 6) is 0.791. The van der Waals surface area contributed by atoms with Crippen LogP contribution in [-0.2, 0) is 7.05 Å². The Kier molecular flexibility index (Phi) is 4.82. The van der Waals surface area contributed by atoms with Gasteiger partial charge in [0.2, 0.25) is 0 Å². The van der Waals surface area contributed by atoms with E-state index in [1.165, 1.54) is 11.1 Å². The van der Waals surface area contributed by atoms with Crippen molar-refractivity contribution in [2.75, 3.05) is 26.0 Å². The van der Waals surface area contributed by atoms with Gasteiger partial charge in [0.05, 0.1) is 11.4 Å². The molecule has 0 aliphatic heterocycles. The first kappa shape index (κ1) is 16.9. The molecule has 126 valence electrons. The van der Waals surface area contributed by atoms with Crippen LogP contribution in [0.4, 0.5) is 5.82 Å². The van der Waals surface area contributed by atoms with Gasteiger partial charge in [-0.3, -0.25) is 0 Å². The summed E-state index contributed by atoms with van der Waals surface area (Å²) in [6, 6.07) is 8.89. The first-order valence-corrected chi connectivity index (χ1v) is 8.56. The van der Waals surface area contributed by atoms with E-state index in [1.54, 1.807) is 11.0 Å². The van der Waals surface area contributed by atoms with E-state index in [1.807, 2.05) is 7.05 Å². The van der Waals surface area contributed by atoms with Gasteiger partial charge in [0.15, 0.2) is 5.65 Å². The molecule has 2 aromatic heterocycles. The second-order valence-corrected chi connectivity index (χ2v) is 6.86. The highest BCUT2D eigenvalue weighted by molar-refractivity contribution is 9.10. The van der Waals surface area contributed by atoms with Crippen LogP contribution in [0.3, 0.4) is 0 Å². The predicted molar refractivity (Wildman–Crippen MR) is 100 cm³/mol. The lowest BCUT2D eigenvalue weighted by Gasteiger charge is -2.25. The highest BCUT2D eigenvalue weighted by Crippen LogP contribution is 2.28. The number of benzene rings is 1. The number of hydrogen-bond acceptors (Lipinski definition) is 5. The van der Waals surface area contributed by atoms with E-state index in [0.717, 1.165) is 28.0 Å². The number of nitrogens with zero attached hydrogens (tertiary/aromatic N) is 5. The second-order valence-electron chi connectivity index (χ2n) is 6.11. The van der Waals surface area contributed by atoms with E-state index in [-0.39, 0.29) is 6.04 Å². The molecule has 6 nitrogen and oxygen atoms in total. The lowest BCUT2D eigenvalue weighted by molar-refractivity contribution is 0.311. The van der Waals surface area contributed by atoms with Crippen molar-refractivity contribution in [2.24, 2.45) is 7.05 Å². The van der Waals surface area contributed by atoms with Crippen molar-refractivity contribution in [1.29, 1.82) is 0 Å². The van der Waals surface area contributed by atoms with E-state index < -0.39 is 0 Å². The zero-order valence-corrected chi connectivity index (χ0v) is 15.9. The fraction of sp³-hybridized carbons (Fsp3) is 0.353. The standard InChI is InChI=1S/C17H21BrN6/c1-11-5-7-12(8-6-11)13(23(2)3)9-19-16-14-15(18)22-24(4)17(14)21-10-20-16/h5-8,10,13H,9H2,1-4H3,(H,19,20,21). The monoisotopic (exact) mass is 388 g/mol. The number of rotatable bonds is 5. The third kappa shape index (κ3) is 3.27. The summed E-state index contributed by atoms with van der Waals surface area (Å²) in [7, 11) is 6.04. The van der Waals surface area contributed by atoms with E-state index in [2.05, 4.69) is 86.5 Å². The molecule has 24 heavy (non-hydrogen) atoms. The van der Waals surface area contributed by atoms with Gasteiger partial charge in [0.1, 0.15) is 16.7 Å². The average Bonchev–Trinajstić information content (AvgIpc) is 2.84. The minimum absolute atomic E-state index is 0.242. The fourth-order valence-corrected chi connectivity index (χ4v) is 3.36. The molecule has 0 amide bonds. The molecule has 0 saturated heterocycles. The Hall–Kier alpha value is -1.99. The van der Waals surface area contributed by atoms with Crippen molar-refractivity contribution >= 4 is 32.8 Å². The molecule has 0 radical (unpaired) electrons. The normalized spacial score (nSPS) is 12.8. The van der Waals surface area contributed by atoms with Crippen LogP contribution >= 0.6 is 15.9 Å². The van der Waals surface area contributed by atoms with E-state index in [9.17, 15) is 0 Å². The lowest BCUT2D eigenvalue weighted by Crippen LogP contribution is -2.27. The SMILES string of the molecule is Cc1ccc(C(CNc2ncnc3c2c(Br)nn3C)N(C)C)cc1. The average molecular weight is 389 g/mol. The lowest BCUT2D eigenvalue weighted by atomic mass is 10.0. The van der Waals surface area contributed by atoms with Crippen LogP contribution in [0.15, 0.2) is 35.2 Å². The third-order valence-electron chi connectivity index (χ3n) is 4.13. The van der Waals surface area contributed by atoms with Gasteiger partial charge >= 0.3 is 0 Å². The maximum absolute atomic E-state index is 4.40. The van der Waals surface area contributed by atoms with Crippen LogP contribution in [0.5, 0.6) is 0 Å². The van der Waals surface area contributed by atoms with Crippen LogP contribution in [0.1, 0.15) is 17.2 Å². The summed E-state index contributed by atoms with van der Waals surface area (Å²) in [5, 5.41) is 8.73. The number of hydrogen-bond donors (Lipinski definition) is 1. The number of aryl methyl sites for hydroxylation is 2. The minimum atomic E-state index is 0.242. The first-order valence-electron chi connectivity index (χ1n) is 7.77. The van der Waals surface area contributed by atoms with Crippen molar-refractivity contribution in [3.63, 3.8) is 0 Å². The van der Waals surface area contributed by atoms with Crippen molar-refractivity contribution in [3.05, 3.63) is 46.3 Å². The van der Waals surface area contributed by atoms with Crippen LogP contribution in [0.2, 0.25) is 0 Å². The summed E-state index contributed by atoms with van der Waals surface area (Å²) in [6.45, 7) is 2.84. The molecule has 7 heteroatoms. The Morgan fingerprint density at radius 3 is 2.58 bits per heavy atom. The molecular formula is C17H21BrN6. The maximum Gasteiger partial charge on any atom is 0.164 e. The molecule has 0 aliphatic carbocycles. The van der Waals surface area contributed by atoms with Crippen LogP contribution in [0, 0.1) is 6.92 Å². The number of halogens is 1. The number of aromatic nitrogens is 4. The van der Waals surface area contributed by atoms with Crippen molar-refractivity contribution in [1.82, 2.24) is 24.6 Å². The second kappa shape index (κ2) is 6.86.